The summed E-state index contributed by atoms with van der Waals surface area (Å²) in [7, 11) is 0. The Hall–Kier alpha value is -4.27. The first-order chi connectivity index (χ1) is 16.5. The molecule has 3 aromatic rings. The number of amides is 3. The van der Waals surface area contributed by atoms with E-state index in [-0.39, 0.29) is 35.5 Å². The summed E-state index contributed by atoms with van der Waals surface area (Å²) in [6, 6.07) is 13.7. The van der Waals surface area contributed by atoms with Gasteiger partial charge < -0.3 is 16.0 Å². The number of H-pyrrole nitrogens is 1. The van der Waals surface area contributed by atoms with Crippen molar-refractivity contribution in [3.05, 3.63) is 78.6 Å². The standard InChI is InChI=1S/C25H26N6O3/c1-2-23(32)27-18-5-3-6-19(15-18)29-24(33)16-9-11-17(12-10-16)28-25(34)22-8-4-7-20(30-22)21-13-14-26-31-21/h2,4,7-14,18-19H,1,3,5-6,15H2,(H,26,31)(H,27,32)(H,28,34)(H,29,33). The number of carbonyl (C=O) groups is 3. The third-order valence-electron chi connectivity index (χ3n) is 5.70. The lowest BCUT2D eigenvalue weighted by Gasteiger charge is -2.30. The van der Waals surface area contributed by atoms with Crippen LogP contribution in [-0.2, 0) is 4.79 Å². The molecule has 2 atom stereocenters. The molecule has 1 saturated carbocycles. The Bertz CT molecular complexity index is 1170. The Morgan fingerprint density at radius 3 is 2.44 bits per heavy atom. The molecule has 1 aliphatic carbocycles. The van der Waals surface area contributed by atoms with Gasteiger partial charge in [0.1, 0.15) is 5.69 Å². The van der Waals surface area contributed by atoms with Crippen LogP contribution in [0.5, 0.6) is 0 Å². The zero-order valence-electron chi connectivity index (χ0n) is 18.6. The number of aromatic amines is 1. The van der Waals surface area contributed by atoms with E-state index in [0.717, 1.165) is 25.0 Å². The third-order valence-corrected chi connectivity index (χ3v) is 5.70. The Morgan fingerprint density at radius 1 is 0.971 bits per heavy atom. The highest BCUT2D eigenvalue weighted by Gasteiger charge is 2.24. The van der Waals surface area contributed by atoms with Crippen molar-refractivity contribution >= 4 is 23.4 Å². The zero-order chi connectivity index (χ0) is 23.9. The largest absolute Gasteiger partial charge is 0.350 e. The Kier molecular flexibility index (Phi) is 7.12. The molecule has 0 radical (unpaired) electrons. The normalized spacial score (nSPS) is 17.4. The second-order valence-corrected chi connectivity index (χ2v) is 8.16. The highest BCUT2D eigenvalue weighted by molar-refractivity contribution is 6.03. The van der Waals surface area contributed by atoms with Crippen molar-refractivity contribution in [1.29, 1.82) is 0 Å². The summed E-state index contributed by atoms with van der Waals surface area (Å²) in [4.78, 5) is 41.2. The van der Waals surface area contributed by atoms with Gasteiger partial charge in [0.15, 0.2) is 0 Å². The van der Waals surface area contributed by atoms with E-state index < -0.39 is 0 Å². The molecule has 0 bridgehead atoms. The first kappa shape index (κ1) is 22.9. The molecule has 2 unspecified atom stereocenters. The predicted octanol–water partition coefficient (Wildman–Crippen LogP) is 3.07. The number of hydrogen-bond donors (Lipinski definition) is 4. The minimum absolute atomic E-state index is 0.0102. The number of carbonyl (C=O) groups excluding carboxylic acids is 3. The zero-order valence-corrected chi connectivity index (χ0v) is 18.6. The summed E-state index contributed by atoms with van der Waals surface area (Å²) in [6.45, 7) is 3.47. The van der Waals surface area contributed by atoms with Gasteiger partial charge in [0.05, 0.1) is 11.4 Å². The number of anilines is 1. The van der Waals surface area contributed by atoms with Crippen molar-refractivity contribution in [3.8, 4) is 11.4 Å². The smallest absolute Gasteiger partial charge is 0.274 e. The van der Waals surface area contributed by atoms with Gasteiger partial charge in [0.2, 0.25) is 5.91 Å². The third kappa shape index (κ3) is 5.74. The fourth-order valence-corrected chi connectivity index (χ4v) is 3.99. The molecule has 9 heteroatoms. The topological polar surface area (TPSA) is 129 Å². The van der Waals surface area contributed by atoms with E-state index in [9.17, 15) is 14.4 Å². The molecule has 3 amide bonds. The van der Waals surface area contributed by atoms with Gasteiger partial charge in [-0.05, 0) is 74.2 Å². The van der Waals surface area contributed by atoms with Crippen LogP contribution in [0.3, 0.4) is 0 Å². The highest BCUT2D eigenvalue weighted by atomic mass is 16.2. The van der Waals surface area contributed by atoms with Gasteiger partial charge >= 0.3 is 0 Å². The van der Waals surface area contributed by atoms with Crippen LogP contribution in [0.4, 0.5) is 5.69 Å². The minimum Gasteiger partial charge on any atom is -0.350 e. The molecule has 1 fully saturated rings. The number of hydrogen-bond acceptors (Lipinski definition) is 5. The van der Waals surface area contributed by atoms with Gasteiger partial charge in [-0.15, -0.1) is 0 Å². The maximum atomic E-state index is 12.7. The van der Waals surface area contributed by atoms with Gasteiger partial charge in [0.25, 0.3) is 11.8 Å². The number of benzene rings is 1. The van der Waals surface area contributed by atoms with E-state index in [1.165, 1.54) is 6.08 Å². The molecule has 4 N–H and O–H groups in total. The number of pyridine rings is 1. The van der Waals surface area contributed by atoms with E-state index >= 15 is 0 Å². The Labute approximate surface area is 197 Å². The Balaban J connectivity index is 1.33. The van der Waals surface area contributed by atoms with Crippen molar-refractivity contribution in [1.82, 2.24) is 25.8 Å². The van der Waals surface area contributed by atoms with E-state index in [0.29, 0.717) is 23.4 Å². The second-order valence-electron chi connectivity index (χ2n) is 8.16. The average Bonchev–Trinajstić information content (AvgIpc) is 3.40. The van der Waals surface area contributed by atoms with Crippen molar-refractivity contribution in [2.24, 2.45) is 0 Å². The lowest BCUT2D eigenvalue weighted by atomic mass is 9.90. The molecule has 2 aromatic heterocycles. The predicted molar refractivity (Wildman–Crippen MR) is 128 cm³/mol. The van der Waals surface area contributed by atoms with Gasteiger partial charge in [-0.1, -0.05) is 12.6 Å². The van der Waals surface area contributed by atoms with Crippen LogP contribution in [-0.4, -0.2) is 45.0 Å². The van der Waals surface area contributed by atoms with Crippen LogP contribution >= 0.6 is 0 Å². The number of nitrogens with zero attached hydrogens (tertiary/aromatic N) is 2. The van der Waals surface area contributed by atoms with Crippen molar-refractivity contribution in [2.75, 3.05) is 5.32 Å². The molecule has 9 nitrogen and oxygen atoms in total. The van der Waals surface area contributed by atoms with Crippen LogP contribution in [0.25, 0.3) is 11.4 Å². The molecular weight excluding hydrogens is 432 g/mol. The first-order valence-electron chi connectivity index (χ1n) is 11.1. The SMILES string of the molecule is C=CC(=O)NC1CCCC(NC(=O)c2ccc(NC(=O)c3cccc(-c4ccn[nH]4)n3)cc2)C1. The number of nitrogens with one attached hydrogen (secondary N) is 4. The van der Waals surface area contributed by atoms with Gasteiger partial charge in [-0.25, -0.2) is 4.98 Å². The van der Waals surface area contributed by atoms with Gasteiger partial charge in [0, 0.05) is 29.5 Å². The fourth-order valence-electron chi connectivity index (χ4n) is 3.99. The van der Waals surface area contributed by atoms with Crippen LogP contribution in [0, 0.1) is 0 Å². The molecule has 0 saturated heterocycles. The van der Waals surface area contributed by atoms with Crippen molar-refractivity contribution < 1.29 is 14.4 Å². The monoisotopic (exact) mass is 458 g/mol. The molecule has 34 heavy (non-hydrogen) atoms. The minimum atomic E-state index is -0.353. The van der Waals surface area contributed by atoms with E-state index in [1.54, 1.807) is 54.7 Å². The molecule has 0 spiro atoms. The summed E-state index contributed by atoms with van der Waals surface area (Å²) in [6.07, 6.45) is 6.24. The van der Waals surface area contributed by atoms with Crippen molar-refractivity contribution in [3.63, 3.8) is 0 Å². The number of aromatic nitrogens is 3. The lowest BCUT2D eigenvalue weighted by molar-refractivity contribution is -0.117. The fraction of sp³-hybridized carbons (Fsp3) is 0.240. The quantitative estimate of drug-likeness (QED) is 0.405. The summed E-state index contributed by atoms with van der Waals surface area (Å²) in [5, 5.41) is 15.5. The van der Waals surface area contributed by atoms with E-state index in [1.807, 2.05) is 0 Å². The van der Waals surface area contributed by atoms with Gasteiger partial charge in [-0.2, -0.15) is 5.10 Å². The average molecular weight is 459 g/mol. The van der Waals surface area contributed by atoms with Crippen LogP contribution in [0.2, 0.25) is 0 Å². The van der Waals surface area contributed by atoms with Crippen LogP contribution < -0.4 is 16.0 Å². The summed E-state index contributed by atoms with van der Waals surface area (Å²) in [5.41, 5.74) is 2.66. The molecular formula is C25H26N6O3. The molecule has 0 aliphatic heterocycles. The molecule has 174 valence electrons. The van der Waals surface area contributed by atoms with E-state index in [4.69, 9.17) is 0 Å². The van der Waals surface area contributed by atoms with Crippen LogP contribution in [0.1, 0.15) is 46.5 Å². The maximum Gasteiger partial charge on any atom is 0.274 e. The molecule has 2 heterocycles. The highest BCUT2D eigenvalue weighted by Crippen LogP contribution is 2.20. The first-order valence-corrected chi connectivity index (χ1v) is 11.1. The van der Waals surface area contributed by atoms with Gasteiger partial charge in [-0.3, -0.25) is 19.5 Å². The summed E-state index contributed by atoms with van der Waals surface area (Å²) < 4.78 is 0. The van der Waals surface area contributed by atoms with Crippen LogP contribution in [0.15, 0.2) is 67.4 Å². The van der Waals surface area contributed by atoms with E-state index in [2.05, 4.69) is 37.7 Å². The summed E-state index contributed by atoms with van der Waals surface area (Å²) in [5.74, 6) is -0.737. The number of rotatable bonds is 7. The molecule has 1 aromatic carbocycles. The Morgan fingerprint density at radius 2 is 1.74 bits per heavy atom. The maximum absolute atomic E-state index is 12.7. The molecule has 1 aliphatic rings. The summed E-state index contributed by atoms with van der Waals surface area (Å²) >= 11 is 0. The molecule has 4 rings (SSSR count). The second kappa shape index (κ2) is 10.6. The lowest BCUT2D eigenvalue weighted by Crippen LogP contribution is -2.45. The van der Waals surface area contributed by atoms with Crippen molar-refractivity contribution in [2.45, 2.75) is 37.8 Å².